The van der Waals surface area contributed by atoms with Crippen molar-refractivity contribution in [2.24, 2.45) is 0 Å². The van der Waals surface area contributed by atoms with Gasteiger partial charge in [-0.25, -0.2) is 0 Å². The highest BCUT2D eigenvalue weighted by molar-refractivity contribution is 7.27. The number of hydrogen-bond donors (Lipinski definition) is 0. The van der Waals surface area contributed by atoms with Gasteiger partial charge in [0.05, 0.1) is 9.75 Å². The summed E-state index contributed by atoms with van der Waals surface area (Å²) in [7, 11) is 0. The predicted octanol–water partition coefficient (Wildman–Crippen LogP) is 17.7. The number of allylic oxidation sites excluding steroid dienone is 2. The number of halogens is 6. The fourth-order valence-electron chi connectivity index (χ4n) is 6.65. The number of hydrogen-bond acceptors (Lipinski definition) is 6. The lowest BCUT2D eigenvalue weighted by molar-refractivity contribution is -0.254. The SMILES string of the molecule is CC(C)(C)c1ccc(-c2ccc(-c3sc(C(C)(C)C)cc3C3=C(c4cc(-c5ccc(C(C)(C)C)s5)sc4-c4ccc(C(C)(C)C)s4)C(F)(F)C(F)(F)C3(F)F)s2)s1. The second-order valence-electron chi connectivity index (χ2n) is 18.8. The van der Waals surface area contributed by atoms with Crippen molar-refractivity contribution in [1.29, 1.82) is 0 Å². The predicted molar refractivity (Wildman–Crippen MR) is 238 cm³/mol. The van der Waals surface area contributed by atoms with Crippen LogP contribution in [0.5, 0.6) is 0 Å². The molecule has 0 saturated heterocycles. The monoisotopic (exact) mass is 892 g/mol. The maximum absolute atomic E-state index is 16.8. The van der Waals surface area contributed by atoms with E-state index >= 15 is 26.3 Å². The molecule has 1 aliphatic rings. The van der Waals surface area contributed by atoms with Crippen LogP contribution in [-0.2, 0) is 21.7 Å². The highest BCUT2D eigenvalue weighted by Gasteiger charge is 2.80. The van der Waals surface area contributed by atoms with Crippen LogP contribution < -0.4 is 0 Å². The Morgan fingerprint density at radius 1 is 0.351 bits per heavy atom. The second kappa shape index (κ2) is 13.8. The molecule has 0 aromatic carbocycles. The Labute approximate surface area is 356 Å². The molecular formula is C45H46F6S6. The zero-order valence-corrected chi connectivity index (χ0v) is 38.9. The van der Waals surface area contributed by atoms with E-state index in [1.807, 2.05) is 71.9 Å². The van der Waals surface area contributed by atoms with Gasteiger partial charge in [-0.2, -0.15) is 26.3 Å². The van der Waals surface area contributed by atoms with Gasteiger partial charge in [-0.15, -0.1) is 68.0 Å². The van der Waals surface area contributed by atoms with E-state index in [0.717, 1.165) is 24.4 Å². The Bertz CT molecular complexity index is 2490. The first kappa shape index (κ1) is 42.6. The molecule has 0 atom stereocenters. The third-order valence-corrected chi connectivity index (χ3v) is 19.0. The van der Waals surface area contributed by atoms with Gasteiger partial charge in [-0.05, 0) is 82.3 Å². The van der Waals surface area contributed by atoms with E-state index in [4.69, 9.17) is 0 Å². The molecule has 12 heteroatoms. The molecule has 57 heavy (non-hydrogen) atoms. The average Bonchev–Trinajstić information content (AvgIpc) is 3.91. The summed E-state index contributed by atoms with van der Waals surface area (Å²) in [6.45, 7) is 24.4. The summed E-state index contributed by atoms with van der Waals surface area (Å²) in [5.74, 6) is -16.1. The van der Waals surface area contributed by atoms with Crippen LogP contribution in [-0.4, -0.2) is 17.8 Å². The molecule has 6 heterocycles. The van der Waals surface area contributed by atoms with Crippen LogP contribution in [0, 0.1) is 0 Å². The molecule has 0 saturated carbocycles. The summed E-state index contributed by atoms with van der Waals surface area (Å²) in [6.07, 6.45) is 0. The standard InChI is InChI=1S/C45H46F6S6/c1-39(2,3)31-18-15-26(53-31)25-13-14-28(52-25)38-24(22-34(57-38)42(10,11)12)36-35(43(46,47)45(50,51)44(36,48)49)23-21-30(27-16-19-32(54-27)40(4,5)6)56-37(23)29-17-20-33(55-29)41(7,8)9/h13-22H,1-12H3. The minimum absolute atomic E-state index is 0.0743. The van der Waals surface area contributed by atoms with E-state index in [2.05, 4.69) is 47.6 Å². The second-order valence-corrected chi connectivity index (χ2v) is 25.3. The Hall–Kier alpha value is -2.48. The van der Waals surface area contributed by atoms with Gasteiger partial charge in [0.2, 0.25) is 0 Å². The van der Waals surface area contributed by atoms with Gasteiger partial charge < -0.3 is 0 Å². The van der Waals surface area contributed by atoms with E-state index in [9.17, 15) is 0 Å². The highest BCUT2D eigenvalue weighted by Crippen LogP contribution is 2.68. The maximum Gasteiger partial charge on any atom is 0.380 e. The maximum atomic E-state index is 16.8. The summed E-state index contributed by atoms with van der Waals surface area (Å²) in [5.41, 5.74) is -4.31. The lowest BCUT2D eigenvalue weighted by Gasteiger charge is -2.26. The molecule has 6 aromatic heterocycles. The molecule has 1 aliphatic carbocycles. The molecule has 0 unspecified atom stereocenters. The van der Waals surface area contributed by atoms with Crippen LogP contribution in [0.4, 0.5) is 26.3 Å². The number of alkyl halides is 6. The fourth-order valence-corrected chi connectivity index (χ4v) is 13.6. The molecule has 0 radical (unpaired) electrons. The normalized spacial score (nSPS) is 17.3. The molecule has 6 aromatic rings. The average molecular weight is 893 g/mol. The number of rotatable bonds is 6. The third-order valence-electron chi connectivity index (χ3n) is 9.98. The molecule has 0 amide bonds. The van der Waals surface area contributed by atoms with E-state index in [0.29, 0.717) is 19.5 Å². The summed E-state index contributed by atoms with van der Waals surface area (Å²) < 4.78 is 99.4. The molecule has 7 rings (SSSR count). The van der Waals surface area contributed by atoms with E-state index in [-0.39, 0.29) is 37.1 Å². The molecule has 0 nitrogen and oxygen atoms in total. The molecule has 0 aliphatic heterocycles. The van der Waals surface area contributed by atoms with E-state index in [1.54, 1.807) is 23.5 Å². The fraction of sp³-hybridized carbons (Fsp3) is 0.422. The Balaban J connectivity index is 1.52. The lowest BCUT2D eigenvalue weighted by Crippen LogP contribution is -2.48. The largest absolute Gasteiger partial charge is 0.380 e. The van der Waals surface area contributed by atoms with E-state index in [1.165, 1.54) is 73.7 Å². The Kier molecular flexibility index (Phi) is 10.3. The Morgan fingerprint density at radius 2 is 0.684 bits per heavy atom. The molecule has 0 fully saturated rings. The van der Waals surface area contributed by atoms with Crippen molar-refractivity contribution in [2.75, 3.05) is 0 Å². The quantitative estimate of drug-likeness (QED) is 0.146. The summed E-state index contributed by atoms with van der Waals surface area (Å²) in [6, 6.07) is 18.2. The molecular weight excluding hydrogens is 847 g/mol. The molecule has 0 spiro atoms. The van der Waals surface area contributed by atoms with Gasteiger partial charge in [0.1, 0.15) is 0 Å². The van der Waals surface area contributed by atoms with Crippen molar-refractivity contribution in [2.45, 2.75) is 123 Å². The summed E-state index contributed by atoms with van der Waals surface area (Å²) in [5, 5.41) is 0. The molecule has 0 bridgehead atoms. The van der Waals surface area contributed by atoms with Gasteiger partial charge in [0, 0.05) is 71.0 Å². The van der Waals surface area contributed by atoms with Gasteiger partial charge in [-0.1, -0.05) is 83.1 Å². The van der Waals surface area contributed by atoms with Crippen LogP contribution in [0.15, 0.2) is 60.7 Å². The smallest absolute Gasteiger partial charge is 0.194 e. The van der Waals surface area contributed by atoms with Gasteiger partial charge in [0.15, 0.2) is 0 Å². The highest BCUT2D eigenvalue weighted by atomic mass is 32.1. The number of thiophene rings is 6. The molecule has 304 valence electrons. The summed E-state index contributed by atoms with van der Waals surface area (Å²) >= 11 is 8.22. The minimum Gasteiger partial charge on any atom is -0.194 e. The van der Waals surface area contributed by atoms with Crippen molar-refractivity contribution >= 4 is 79.2 Å². The van der Waals surface area contributed by atoms with Crippen molar-refractivity contribution in [3.63, 3.8) is 0 Å². The van der Waals surface area contributed by atoms with Crippen LogP contribution in [0.2, 0.25) is 0 Å². The van der Waals surface area contributed by atoms with Gasteiger partial charge >= 0.3 is 17.8 Å². The Morgan fingerprint density at radius 3 is 1.14 bits per heavy atom. The topological polar surface area (TPSA) is 0 Å². The van der Waals surface area contributed by atoms with Gasteiger partial charge in [0.25, 0.3) is 0 Å². The van der Waals surface area contributed by atoms with Crippen molar-refractivity contribution < 1.29 is 26.3 Å². The first-order valence-electron chi connectivity index (χ1n) is 18.6. The zero-order valence-electron chi connectivity index (χ0n) is 34.0. The third kappa shape index (κ3) is 7.30. The van der Waals surface area contributed by atoms with Gasteiger partial charge in [-0.3, -0.25) is 0 Å². The minimum atomic E-state index is -5.69. The molecule has 0 N–H and O–H groups in total. The zero-order chi connectivity index (χ0) is 42.1. The van der Waals surface area contributed by atoms with Crippen molar-refractivity contribution in [1.82, 2.24) is 0 Å². The van der Waals surface area contributed by atoms with Crippen molar-refractivity contribution in [3.05, 3.63) is 91.3 Å². The first-order chi connectivity index (χ1) is 26.0. The van der Waals surface area contributed by atoms with Crippen LogP contribution in [0.25, 0.3) is 50.2 Å². The lowest BCUT2D eigenvalue weighted by atomic mass is 9.90. The summed E-state index contributed by atoms with van der Waals surface area (Å²) in [4.78, 5) is 8.66. The van der Waals surface area contributed by atoms with Crippen LogP contribution in [0.1, 0.15) is 114 Å². The first-order valence-corrected chi connectivity index (χ1v) is 23.5. The van der Waals surface area contributed by atoms with Crippen LogP contribution in [0.3, 0.4) is 0 Å². The van der Waals surface area contributed by atoms with Crippen LogP contribution >= 0.6 is 68.0 Å². The van der Waals surface area contributed by atoms with E-state index < -0.39 is 34.3 Å². The van der Waals surface area contributed by atoms with Crippen molar-refractivity contribution in [3.8, 4) is 39.0 Å².